The molecule has 40 heavy (non-hydrogen) atoms. The molecular formula is C29H37N3O8. The van der Waals surface area contributed by atoms with Gasteiger partial charge in [-0.3, -0.25) is 28.9 Å². The van der Waals surface area contributed by atoms with Crippen LogP contribution in [0.5, 0.6) is 11.5 Å². The van der Waals surface area contributed by atoms with Crippen LogP contribution in [0, 0.1) is 23.7 Å². The third-order valence-electron chi connectivity index (χ3n) is 9.71. The first-order chi connectivity index (χ1) is 18.8. The summed E-state index contributed by atoms with van der Waals surface area (Å²) in [6, 6.07) is 0.321. The smallest absolute Gasteiger partial charge is 0.235 e. The topological polar surface area (TPSA) is 176 Å². The van der Waals surface area contributed by atoms with Crippen LogP contribution in [0.15, 0.2) is 6.07 Å². The van der Waals surface area contributed by atoms with E-state index in [1.807, 2.05) is 0 Å². The van der Waals surface area contributed by atoms with Crippen molar-refractivity contribution in [3.8, 4) is 11.5 Å². The van der Waals surface area contributed by atoms with Crippen molar-refractivity contribution in [2.45, 2.75) is 69.2 Å². The van der Waals surface area contributed by atoms with Crippen LogP contribution >= 0.6 is 0 Å². The molecule has 0 spiro atoms. The number of hydrogen-bond acceptors (Lipinski definition) is 10. The molecule has 1 aromatic rings. The number of aliphatic hydroxyl groups is 1. The molecule has 5 rings (SSSR count). The highest BCUT2D eigenvalue weighted by Crippen LogP contribution is 2.52. The maximum Gasteiger partial charge on any atom is 0.235 e. The highest BCUT2D eigenvalue weighted by atomic mass is 16.5. The molecule has 216 valence electrons. The summed E-state index contributed by atoms with van der Waals surface area (Å²) in [7, 11) is 4.60. The Morgan fingerprint density at radius 2 is 1.82 bits per heavy atom. The minimum absolute atomic E-state index is 0.00560. The molecule has 0 radical (unpaired) electrons. The Hall–Kier alpha value is -3.15. The molecule has 11 heteroatoms. The number of carbonyl (C=O) groups is 5. The Bertz CT molecular complexity index is 1320. The first-order valence-corrected chi connectivity index (χ1v) is 13.8. The number of primary amides is 1. The van der Waals surface area contributed by atoms with Crippen LogP contribution in [0.3, 0.4) is 0 Å². The van der Waals surface area contributed by atoms with Crippen molar-refractivity contribution in [2.75, 3.05) is 21.2 Å². The third-order valence-corrected chi connectivity index (χ3v) is 9.71. The van der Waals surface area contributed by atoms with Gasteiger partial charge in [0, 0.05) is 29.1 Å². The summed E-state index contributed by atoms with van der Waals surface area (Å²) in [6.45, 7) is 2.56. The first kappa shape index (κ1) is 28.4. The molecule has 0 aromatic heterocycles. The van der Waals surface area contributed by atoms with Crippen molar-refractivity contribution >= 4 is 29.0 Å². The van der Waals surface area contributed by atoms with Gasteiger partial charge in [0.05, 0.1) is 24.6 Å². The fraction of sp³-hybridized carbons (Fsp3) is 0.621. The van der Waals surface area contributed by atoms with E-state index < -0.39 is 64.4 Å². The average Bonchev–Trinajstić information content (AvgIpc) is 3.31. The van der Waals surface area contributed by atoms with E-state index in [2.05, 4.69) is 12.2 Å². The quantitative estimate of drug-likeness (QED) is 0.357. The molecule has 0 bridgehead atoms. The number of nitrogens with one attached hydrogen (secondary N) is 1. The lowest BCUT2D eigenvalue weighted by Gasteiger charge is -2.52. The molecule has 1 amide bonds. The number of nitrogens with two attached hydrogens (primary N) is 1. The fourth-order valence-electron chi connectivity index (χ4n) is 7.74. The van der Waals surface area contributed by atoms with Gasteiger partial charge in [-0.15, -0.1) is 0 Å². The molecule has 6 atom stereocenters. The minimum Gasteiger partial charge on any atom is -0.507 e. The lowest BCUT2D eigenvalue weighted by atomic mass is 9.52. The van der Waals surface area contributed by atoms with Crippen molar-refractivity contribution in [3.63, 3.8) is 0 Å². The number of rotatable bonds is 6. The van der Waals surface area contributed by atoms with Gasteiger partial charge < -0.3 is 26.0 Å². The maximum absolute atomic E-state index is 13.9. The number of Topliss-reactive ketones (excluding diaryl/α,β-unsaturated/α-hetero) is 4. The van der Waals surface area contributed by atoms with E-state index in [1.165, 1.54) is 18.1 Å². The summed E-state index contributed by atoms with van der Waals surface area (Å²) < 4.78 is 5.76. The third kappa shape index (κ3) is 4.01. The second kappa shape index (κ2) is 9.74. The molecular weight excluding hydrogens is 518 g/mol. The number of carbonyl (C=O) groups excluding carboxylic acids is 5. The summed E-state index contributed by atoms with van der Waals surface area (Å²) >= 11 is 0. The Labute approximate surface area is 232 Å². The summed E-state index contributed by atoms with van der Waals surface area (Å²) in [5.41, 5.74) is 3.65. The van der Waals surface area contributed by atoms with Crippen molar-refractivity contribution in [2.24, 2.45) is 29.4 Å². The summed E-state index contributed by atoms with van der Waals surface area (Å²) in [6.07, 6.45) is 4.48. The van der Waals surface area contributed by atoms with Crippen molar-refractivity contribution in [3.05, 3.63) is 22.8 Å². The van der Waals surface area contributed by atoms with Crippen LogP contribution in [0.4, 0.5) is 0 Å². The number of fused-ring (bicyclic) bond motifs is 3. The number of nitrogens with zero attached hydrogens (tertiary/aromatic N) is 1. The van der Waals surface area contributed by atoms with Crippen LogP contribution < -0.4 is 15.8 Å². The number of phenolic OH excluding ortho intramolecular Hbond substituents is 1. The predicted octanol–water partition coefficient (Wildman–Crippen LogP) is 0.298. The van der Waals surface area contributed by atoms with E-state index in [-0.39, 0.29) is 29.7 Å². The summed E-state index contributed by atoms with van der Waals surface area (Å²) in [5, 5.41) is 26.2. The number of methoxy groups -OCH3 is 1. The molecule has 3 saturated carbocycles. The Kier molecular flexibility index (Phi) is 6.91. The second-order valence-corrected chi connectivity index (χ2v) is 12.4. The summed E-state index contributed by atoms with van der Waals surface area (Å²) in [5.74, 6) is -10.2. The predicted molar refractivity (Wildman–Crippen MR) is 142 cm³/mol. The Morgan fingerprint density at radius 3 is 2.40 bits per heavy atom. The number of ketones is 4. The lowest BCUT2D eigenvalue weighted by Crippen LogP contribution is -2.74. The zero-order valence-electron chi connectivity index (χ0n) is 23.3. The van der Waals surface area contributed by atoms with Gasteiger partial charge in [-0.1, -0.05) is 12.8 Å². The van der Waals surface area contributed by atoms with Gasteiger partial charge in [-0.25, -0.2) is 0 Å². The van der Waals surface area contributed by atoms with Crippen LogP contribution in [0.2, 0.25) is 0 Å². The van der Waals surface area contributed by atoms with Crippen LogP contribution in [-0.4, -0.2) is 82.5 Å². The van der Waals surface area contributed by atoms with Gasteiger partial charge in [0.2, 0.25) is 5.91 Å². The fourth-order valence-corrected chi connectivity index (χ4v) is 7.74. The van der Waals surface area contributed by atoms with Gasteiger partial charge in [-0.05, 0) is 58.7 Å². The van der Waals surface area contributed by atoms with E-state index in [0.29, 0.717) is 23.4 Å². The molecule has 1 aromatic carbocycles. The number of likely N-dealkylation sites (N-methyl/N-ethyl adjacent to an activating group) is 1. The Morgan fingerprint density at radius 1 is 1.18 bits per heavy atom. The van der Waals surface area contributed by atoms with Crippen molar-refractivity contribution in [1.29, 1.82) is 0 Å². The molecule has 4 aliphatic rings. The highest BCUT2D eigenvalue weighted by molar-refractivity contribution is 6.32. The van der Waals surface area contributed by atoms with E-state index in [0.717, 1.165) is 25.7 Å². The zero-order valence-corrected chi connectivity index (χ0v) is 23.3. The number of ether oxygens (including phenoxy) is 1. The summed E-state index contributed by atoms with van der Waals surface area (Å²) in [4.78, 5) is 67.9. The number of phenols is 1. The SMILES string of the molecule is COc1c(CNC2(C)CCCC2)cc(O)c2c1C[C@H]1C[C@H]3[C@H](N(C)C)C(=O)C(C(N)=O)C(=O)[C@@]3(O)C(=O)C1C2=O. The normalized spacial score (nSPS) is 33.0. The number of aromatic hydroxyl groups is 1. The van der Waals surface area contributed by atoms with Crippen LogP contribution in [0.1, 0.15) is 60.5 Å². The van der Waals surface area contributed by atoms with Gasteiger partial charge in [-0.2, -0.15) is 0 Å². The number of hydrogen-bond donors (Lipinski definition) is 4. The van der Waals surface area contributed by atoms with Gasteiger partial charge in [0.15, 0.2) is 34.7 Å². The first-order valence-electron chi connectivity index (χ1n) is 13.8. The molecule has 3 fully saturated rings. The minimum atomic E-state index is -2.74. The van der Waals surface area contributed by atoms with Crippen LogP contribution in [0.25, 0.3) is 0 Å². The maximum atomic E-state index is 13.9. The monoisotopic (exact) mass is 555 g/mol. The zero-order chi connectivity index (χ0) is 29.3. The van der Waals surface area contributed by atoms with Crippen molar-refractivity contribution < 1.29 is 38.9 Å². The standard InChI is InChI=1S/C29H37N3O8/c1-28(7-5-6-8-28)31-12-14-11-17(33)19-15(24(14)40-4)9-13-10-16-21(32(2)3)23(35)20(27(30)38)26(37)29(16,39)25(36)18(13)22(19)34/h11,13,16,18,20-21,31,33,39H,5-10,12H2,1-4H3,(H2,30,38)/t13-,16-,18?,20?,21-,29-/m0/s1. The average molecular weight is 556 g/mol. The van der Waals surface area contributed by atoms with E-state index >= 15 is 0 Å². The molecule has 5 N–H and O–H groups in total. The molecule has 0 saturated heterocycles. The van der Waals surface area contributed by atoms with Gasteiger partial charge in [0.1, 0.15) is 11.5 Å². The molecule has 2 unspecified atom stereocenters. The van der Waals surface area contributed by atoms with Gasteiger partial charge in [0.25, 0.3) is 0 Å². The molecule has 0 aliphatic heterocycles. The number of benzene rings is 1. The second-order valence-electron chi connectivity index (χ2n) is 12.4. The van der Waals surface area contributed by atoms with E-state index in [1.54, 1.807) is 14.1 Å². The van der Waals surface area contributed by atoms with Crippen LogP contribution in [-0.2, 0) is 32.1 Å². The molecule has 4 aliphatic carbocycles. The molecule has 11 nitrogen and oxygen atoms in total. The highest BCUT2D eigenvalue weighted by Gasteiger charge is 2.69. The van der Waals surface area contributed by atoms with Gasteiger partial charge >= 0.3 is 0 Å². The van der Waals surface area contributed by atoms with Crippen molar-refractivity contribution in [1.82, 2.24) is 10.2 Å². The van der Waals surface area contributed by atoms with E-state index in [4.69, 9.17) is 10.5 Å². The van der Waals surface area contributed by atoms with E-state index in [9.17, 15) is 34.2 Å². The lowest BCUT2D eigenvalue weighted by molar-refractivity contribution is -0.181. The molecule has 0 heterocycles. The largest absolute Gasteiger partial charge is 0.507 e. The Balaban J connectivity index is 1.57. The number of amides is 1.